The summed E-state index contributed by atoms with van der Waals surface area (Å²) >= 11 is 0. The van der Waals surface area contributed by atoms with E-state index in [9.17, 15) is 13.2 Å². The second kappa shape index (κ2) is 8.74. The van der Waals surface area contributed by atoms with Gasteiger partial charge in [0, 0.05) is 18.7 Å². The van der Waals surface area contributed by atoms with E-state index >= 15 is 0 Å². The molecule has 34 heavy (non-hydrogen) atoms. The maximum atomic E-state index is 12.3. The highest BCUT2D eigenvalue weighted by Gasteiger charge is 2.31. The number of aryl methyl sites for hydroxylation is 1. The minimum absolute atomic E-state index is 0.0744. The van der Waals surface area contributed by atoms with Crippen molar-refractivity contribution in [3.63, 3.8) is 0 Å². The Bertz CT molecular complexity index is 1260. The van der Waals surface area contributed by atoms with Crippen molar-refractivity contribution in [2.75, 3.05) is 31.2 Å². The first-order valence-electron chi connectivity index (χ1n) is 10.3. The Hall–Kier alpha value is -4.00. The second-order valence-electron chi connectivity index (χ2n) is 7.36. The van der Waals surface area contributed by atoms with Gasteiger partial charge in [-0.3, -0.25) is 0 Å². The average molecular weight is 473 g/mol. The average Bonchev–Trinajstić information content (AvgIpc) is 3.46. The molecule has 10 nitrogen and oxygen atoms in total. The molecule has 0 aliphatic carbocycles. The Labute approximate surface area is 191 Å². The summed E-state index contributed by atoms with van der Waals surface area (Å²) in [5.74, 6) is 1.57. The first kappa shape index (κ1) is 21.8. The fourth-order valence-electron chi connectivity index (χ4n) is 3.45. The molecule has 4 heterocycles. The van der Waals surface area contributed by atoms with Crippen LogP contribution < -0.4 is 9.64 Å². The number of rotatable bonds is 5. The number of anilines is 1. The molecule has 0 atom stereocenters. The van der Waals surface area contributed by atoms with Gasteiger partial charge in [-0.25, -0.2) is 14.6 Å². The number of ether oxygens (including phenoxy) is 2. The lowest BCUT2D eigenvalue weighted by molar-refractivity contribution is -0.274. The summed E-state index contributed by atoms with van der Waals surface area (Å²) in [6.45, 7) is 4.70. The maximum absolute atomic E-state index is 12.3. The number of nitrogens with zero attached hydrogens (tertiary/aromatic N) is 7. The molecule has 0 radical (unpaired) electrons. The van der Waals surface area contributed by atoms with E-state index in [1.54, 1.807) is 17.8 Å². The summed E-state index contributed by atoms with van der Waals surface area (Å²) in [5.41, 5.74) is 1.16. The van der Waals surface area contributed by atoms with E-state index in [-0.39, 0.29) is 23.3 Å². The summed E-state index contributed by atoms with van der Waals surface area (Å²) in [6, 6.07) is 8.95. The summed E-state index contributed by atoms with van der Waals surface area (Å²) in [5, 5.41) is 8.32. The monoisotopic (exact) mass is 473 g/mol. The number of aromatic nitrogens is 6. The maximum Gasteiger partial charge on any atom is 0.573 e. The van der Waals surface area contributed by atoms with Crippen molar-refractivity contribution >= 4 is 5.82 Å². The van der Waals surface area contributed by atoms with Gasteiger partial charge in [-0.05, 0) is 43.3 Å². The zero-order valence-electron chi connectivity index (χ0n) is 17.9. The molecule has 176 valence electrons. The molecule has 1 aromatic carbocycles. The first-order chi connectivity index (χ1) is 16.4. The van der Waals surface area contributed by atoms with E-state index in [2.05, 4.69) is 34.8 Å². The van der Waals surface area contributed by atoms with Crippen LogP contribution in [0.3, 0.4) is 0 Å². The van der Waals surface area contributed by atoms with Gasteiger partial charge in [-0.15, -0.1) is 18.3 Å². The lowest BCUT2D eigenvalue weighted by Crippen LogP contribution is -2.36. The van der Waals surface area contributed by atoms with Crippen LogP contribution in [0, 0.1) is 6.92 Å². The summed E-state index contributed by atoms with van der Waals surface area (Å²) < 4.78 is 53.1. The van der Waals surface area contributed by atoms with E-state index in [0.29, 0.717) is 30.3 Å². The largest absolute Gasteiger partial charge is 0.573 e. The predicted octanol–water partition coefficient (Wildman–Crippen LogP) is 3.42. The molecule has 0 amide bonds. The van der Waals surface area contributed by atoms with Crippen molar-refractivity contribution in [3.8, 4) is 34.5 Å². The fraction of sp³-hybridized carbons (Fsp3) is 0.286. The zero-order valence-corrected chi connectivity index (χ0v) is 17.9. The quantitative estimate of drug-likeness (QED) is 0.431. The molecule has 0 saturated carbocycles. The number of morpholine rings is 1. The molecule has 1 fully saturated rings. The number of hydrogen-bond donors (Lipinski definition) is 0. The normalized spacial score (nSPS) is 14.4. The van der Waals surface area contributed by atoms with Crippen LogP contribution in [0.2, 0.25) is 0 Å². The molecule has 1 aliphatic rings. The van der Waals surface area contributed by atoms with Crippen LogP contribution in [0.1, 0.15) is 5.82 Å². The van der Waals surface area contributed by atoms with Crippen molar-refractivity contribution in [3.05, 3.63) is 48.4 Å². The van der Waals surface area contributed by atoms with Gasteiger partial charge in [0.2, 0.25) is 11.6 Å². The smallest absolute Gasteiger partial charge is 0.406 e. The molecule has 5 rings (SSSR count). The minimum atomic E-state index is -4.76. The Balaban J connectivity index is 1.33. The lowest BCUT2D eigenvalue weighted by Gasteiger charge is -2.27. The third-order valence-corrected chi connectivity index (χ3v) is 5.04. The SMILES string of the molecule is Cc1nc(-c2nc(-c3ccc(OC(F)(F)F)cc3)no2)nn1-c1ccc(N2CCOCC2)nc1. The van der Waals surface area contributed by atoms with Crippen molar-refractivity contribution in [2.45, 2.75) is 13.3 Å². The molecule has 0 unspecified atom stereocenters. The molecule has 0 spiro atoms. The Kier molecular flexibility index (Phi) is 5.61. The van der Waals surface area contributed by atoms with Gasteiger partial charge in [0.1, 0.15) is 17.4 Å². The Morgan fingerprint density at radius 1 is 0.971 bits per heavy atom. The zero-order chi connectivity index (χ0) is 23.7. The Morgan fingerprint density at radius 2 is 1.74 bits per heavy atom. The van der Waals surface area contributed by atoms with Gasteiger partial charge in [-0.2, -0.15) is 4.98 Å². The summed E-state index contributed by atoms with van der Waals surface area (Å²) in [4.78, 5) is 15.3. The highest BCUT2D eigenvalue weighted by Crippen LogP contribution is 2.26. The van der Waals surface area contributed by atoms with Gasteiger partial charge in [0.25, 0.3) is 5.89 Å². The highest BCUT2D eigenvalue weighted by atomic mass is 19.4. The van der Waals surface area contributed by atoms with Crippen LogP contribution in [0.4, 0.5) is 19.0 Å². The lowest BCUT2D eigenvalue weighted by atomic mass is 10.2. The highest BCUT2D eigenvalue weighted by molar-refractivity contribution is 5.58. The molecule has 13 heteroatoms. The van der Waals surface area contributed by atoms with Gasteiger partial charge < -0.3 is 18.9 Å². The van der Waals surface area contributed by atoms with E-state index in [4.69, 9.17) is 9.26 Å². The molecule has 1 aliphatic heterocycles. The first-order valence-corrected chi connectivity index (χ1v) is 10.3. The third kappa shape index (κ3) is 4.69. The molecule has 1 saturated heterocycles. The van der Waals surface area contributed by atoms with Gasteiger partial charge in [-0.1, -0.05) is 5.16 Å². The van der Waals surface area contributed by atoms with Crippen LogP contribution in [-0.4, -0.2) is 62.6 Å². The molecule has 0 N–H and O–H groups in total. The van der Waals surface area contributed by atoms with Crippen LogP contribution in [-0.2, 0) is 4.74 Å². The molecular formula is C21H18F3N7O3. The topological polar surface area (TPSA) is 104 Å². The number of benzene rings is 1. The van der Waals surface area contributed by atoms with Crippen LogP contribution >= 0.6 is 0 Å². The van der Waals surface area contributed by atoms with E-state index in [1.807, 2.05) is 12.1 Å². The number of alkyl halides is 3. The molecule has 4 aromatic rings. The number of halogens is 3. The predicted molar refractivity (Wildman–Crippen MR) is 112 cm³/mol. The fourth-order valence-corrected chi connectivity index (χ4v) is 3.45. The molecular weight excluding hydrogens is 455 g/mol. The summed E-state index contributed by atoms with van der Waals surface area (Å²) in [7, 11) is 0. The van der Waals surface area contributed by atoms with E-state index in [1.165, 1.54) is 24.3 Å². The van der Waals surface area contributed by atoms with Crippen molar-refractivity contribution in [1.82, 2.24) is 29.9 Å². The van der Waals surface area contributed by atoms with E-state index < -0.39 is 6.36 Å². The summed E-state index contributed by atoms with van der Waals surface area (Å²) in [6.07, 6.45) is -3.05. The van der Waals surface area contributed by atoms with E-state index in [0.717, 1.165) is 18.9 Å². The van der Waals surface area contributed by atoms with Gasteiger partial charge in [0.05, 0.1) is 25.1 Å². The number of hydrogen-bond acceptors (Lipinski definition) is 9. The van der Waals surface area contributed by atoms with Crippen LogP contribution in [0.15, 0.2) is 47.1 Å². The standard InChI is InChI=1S/C21H18F3N7O3/c1-13-26-19(28-31(13)15-4-7-17(25-12-15)30-8-10-32-11-9-30)20-27-18(29-34-20)14-2-5-16(6-3-14)33-21(22,23)24/h2-7,12H,8-11H2,1H3. The molecule has 3 aromatic heterocycles. The minimum Gasteiger partial charge on any atom is -0.406 e. The van der Waals surface area contributed by atoms with Crippen molar-refractivity contribution in [1.29, 1.82) is 0 Å². The molecule has 0 bridgehead atoms. The second-order valence-corrected chi connectivity index (χ2v) is 7.36. The van der Waals surface area contributed by atoms with Crippen molar-refractivity contribution < 1.29 is 27.2 Å². The van der Waals surface area contributed by atoms with Crippen LogP contribution in [0.5, 0.6) is 5.75 Å². The van der Waals surface area contributed by atoms with Gasteiger partial charge >= 0.3 is 6.36 Å². The number of pyridine rings is 1. The Morgan fingerprint density at radius 3 is 2.41 bits per heavy atom. The van der Waals surface area contributed by atoms with Crippen molar-refractivity contribution in [2.24, 2.45) is 0 Å². The van der Waals surface area contributed by atoms with Gasteiger partial charge in [0.15, 0.2) is 0 Å². The third-order valence-electron chi connectivity index (χ3n) is 5.04. The van der Waals surface area contributed by atoms with Crippen LogP contribution in [0.25, 0.3) is 28.8 Å².